The third-order valence-electron chi connectivity index (χ3n) is 16.5. The summed E-state index contributed by atoms with van der Waals surface area (Å²) in [6.07, 6.45) is 0. The first kappa shape index (κ1) is 36.4. The summed E-state index contributed by atoms with van der Waals surface area (Å²) in [5.74, 6) is 0. The minimum Gasteiger partial charge on any atom is -0.317 e. The first-order chi connectivity index (χ1) is 44.8. The monoisotopic (exact) mass is 1090 g/mol. The zero-order chi connectivity index (χ0) is 62.6. The molecule has 0 bridgehead atoms. The minimum atomic E-state index is -0.631. The van der Waals surface area contributed by atoms with Gasteiger partial charge in [0.2, 0.25) is 5.69 Å². The van der Waals surface area contributed by atoms with E-state index in [1.807, 2.05) is 127 Å². The van der Waals surface area contributed by atoms with E-state index in [9.17, 15) is 22.8 Å². The van der Waals surface area contributed by atoms with Gasteiger partial charge < -0.3 is 18.3 Å². The maximum Gasteiger partial charge on any atom is 0.237 e. The highest BCUT2D eigenvalue weighted by atomic mass is 32.1. The number of nitrogens with zero attached hydrogens (tertiary/aromatic N) is 6. The second kappa shape index (κ2) is 16.9. The van der Waals surface area contributed by atoms with Crippen molar-refractivity contribution in [2.24, 2.45) is 0 Å². The van der Waals surface area contributed by atoms with E-state index < -0.39 is 54.4 Å². The van der Waals surface area contributed by atoms with Crippen molar-refractivity contribution in [3.63, 3.8) is 0 Å². The Bertz CT molecular complexity index is 6290. The minimum absolute atomic E-state index is 0.00829. The molecule has 0 spiro atoms. The van der Waals surface area contributed by atoms with Crippen molar-refractivity contribution in [1.29, 1.82) is 5.26 Å². The van der Waals surface area contributed by atoms with Crippen LogP contribution in [0.15, 0.2) is 242 Å². The normalized spacial score (nSPS) is 13.8. The van der Waals surface area contributed by atoms with Gasteiger partial charge in [-0.05, 0) is 65.7 Å². The number of thiophene rings is 2. The third-order valence-corrected chi connectivity index (χ3v) is 18.8. The van der Waals surface area contributed by atoms with Crippen molar-refractivity contribution in [1.82, 2.24) is 18.3 Å². The number of rotatable bonds is 5. The summed E-state index contributed by atoms with van der Waals surface area (Å²) in [5.41, 5.74) is 6.91. The highest BCUT2D eigenvalue weighted by Gasteiger charge is 2.35. The fourth-order valence-corrected chi connectivity index (χ4v) is 15.5. The van der Waals surface area contributed by atoms with Crippen LogP contribution in [-0.2, 0) is 0 Å². The zero-order valence-electron chi connectivity index (χ0n) is 52.8. The van der Waals surface area contributed by atoms with Crippen LogP contribution in [0.1, 0.15) is 19.3 Å². The van der Waals surface area contributed by atoms with Gasteiger partial charge in [0.15, 0.2) is 0 Å². The third kappa shape index (κ3) is 5.93. The summed E-state index contributed by atoms with van der Waals surface area (Å²) < 4.78 is 105. The lowest BCUT2D eigenvalue weighted by Crippen LogP contribution is -2.14. The lowest BCUT2D eigenvalue weighted by atomic mass is 10.0. The Labute approximate surface area is 490 Å². The fraction of sp³-hybridized carbons (Fsp3) is 0. The molecule has 18 rings (SSSR count). The van der Waals surface area contributed by atoms with Crippen molar-refractivity contribution in [3.05, 3.63) is 259 Å². The lowest BCUT2D eigenvalue weighted by Gasteiger charge is -2.27. The highest BCUT2D eigenvalue weighted by molar-refractivity contribution is 7.27. The average Bonchev–Trinajstić information content (AvgIpc) is 1.48. The van der Waals surface area contributed by atoms with Crippen LogP contribution in [0.5, 0.6) is 0 Å². The fourth-order valence-electron chi connectivity index (χ4n) is 13.2. The summed E-state index contributed by atoms with van der Waals surface area (Å²) in [6, 6.07) is 58.7. The van der Waals surface area contributed by atoms with E-state index in [1.165, 1.54) is 4.57 Å². The van der Waals surface area contributed by atoms with Gasteiger partial charge in [-0.25, -0.2) is 4.85 Å². The number of benzene rings is 12. The zero-order valence-corrected chi connectivity index (χ0v) is 44.5. The molecule has 0 aliphatic carbocycles. The molecule has 378 valence electrons. The molecule has 0 radical (unpaired) electrons. The molecular formula is C74H40N6S2. The van der Waals surface area contributed by atoms with E-state index in [0.29, 0.717) is 39.1 Å². The van der Waals surface area contributed by atoms with Crippen LogP contribution < -0.4 is 0 Å². The summed E-state index contributed by atoms with van der Waals surface area (Å²) in [7, 11) is 0. The molecule has 6 aromatic heterocycles. The topological polar surface area (TPSA) is 47.9 Å². The van der Waals surface area contributed by atoms with Crippen LogP contribution in [0, 0.1) is 17.9 Å². The Morgan fingerprint density at radius 1 is 0.366 bits per heavy atom. The number of para-hydroxylation sites is 5. The number of nitriles is 1. The summed E-state index contributed by atoms with van der Waals surface area (Å²) >= 11 is 2.59. The van der Waals surface area contributed by atoms with Gasteiger partial charge in [-0.15, -0.1) is 22.7 Å². The van der Waals surface area contributed by atoms with Gasteiger partial charge in [-0.1, -0.05) is 188 Å². The van der Waals surface area contributed by atoms with Crippen molar-refractivity contribution in [2.45, 2.75) is 0 Å². The van der Waals surface area contributed by atoms with Crippen molar-refractivity contribution in [2.75, 3.05) is 0 Å². The molecule has 0 saturated carbocycles. The van der Waals surface area contributed by atoms with E-state index in [0.717, 1.165) is 86.0 Å². The molecular weight excluding hydrogens is 1040 g/mol. The molecule has 0 amide bonds. The van der Waals surface area contributed by atoms with Crippen LogP contribution in [0.3, 0.4) is 0 Å². The van der Waals surface area contributed by atoms with E-state index >= 15 is 0 Å². The molecule has 0 fully saturated rings. The molecule has 0 N–H and O–H groups in total. The molecule has 0 aliphatic heterocycles. The van der Waals surface area contributed by atoms with Crippen molar-refractivity contribution in [3.8, 4) is 39.9 Å². The highest BCUT2D eigenvalue weighted by Crippen LogP contribution is 2.54. The van der Waals surface area contributed by atoms with Crippen LogP contribution >= 0.6 is 22.7 Å². The molecule has 6 nitrogen and oxygen atoms in total. The number of aromatic nitrogens is 4. The van der Waals surface area contributed by atoms with E-state index in [4.69, 9.17) is 7.59 Å². The summed E-state index contributed by atoms with van der Waals surface area (Å²) in [4.78, 5) is 4.71. The molecule has 82 heavy (non-hydrogen) atoms. The molecule has 12 aromatic carbocycles. The van der Waals surface area contributed by atoms with Crippen LogP contribution in [-0.4, -0.2) is 18.3 Å². The maximum absolute atomic E-state index is 13.0. The number of hydrogen-bond acceptors (Lipinski definition) is 3. The van der Waals surface area contributed by atoms with E-state index in [-0.39, 0.29) is 65.0 Å². The smallest absolute Gasteiger partial charge is 0.237 e. The van der Waals surface area contributed by atoms with Crippen LogP contribution in [0.4, 0.5) is 5.69 Å². The van der Waals surface area contributed by atoms with Gasteiger partial charge >= 0.3 is 0 Å². The molecule has 0 aliphatic rings. The van der Waals surface area contributed by atoms with Crippen molar-refractivity contribution >= 4 is 156 Å². The lowest BCUT2D eigenvalue weighted by molar-refractivity contribution is 1.04. The van der Waals surface area contributed by atoms with Gasteiger partial charge in [0.1, 0.15) is 6.07 Å². The Hall–Kier alpha value is -10.7. The Balaban J connectivity index is 1.19. The number of fused-ring (bicyclic) bond motifs is 20. The second-order valence-corrected chi connectivity index (χ2v) is 22.6. The summed E-state index contributed by atoms with van der Waals surface area (Å²) in [5, 5.41) is 20.0. The molecule has 6 heterocycles. The molecule has 0 saturated heterocycles. The van der Waals surface area contributed by atoms with Gasteiger partial charge in [0, 0.05) is 74.0 Å². The van der Waals surface area contributed by atoms with Crippen molar-refractivity contribution < 1.29 is 13.7 Å². The Kier molecular flexibility index (Phi) is 7.50. The van der Waals surface area contributed by atoms with Gasteiger partial charge in [0.25, 0.3) is 0 Å². The van der Waals surface area contributed by atoms with E-state index in [1.54, 1.807) is 11.3 Å². The Morgan fingerprint density at radius 3 is 1.57 bits per heavy atom. The largest absolute Gasteiger partial charge is 0.317 e. The first-order valence-electron chi connectivity index (χ1n) is 31.6. The summed E-state index contributed by atoms with van der Waals surface area (Å²) in [6.45, 7) is 10.1. The van der Waals surface area contributed by atoms with Gasteiger partial charge in [0.05, 0.1) is 102 Å². The standard InChI is InChI=1S/C74H40N6S2/c1-76-66-67(79-62-32-16-9-25-49(62)52-36-38-54-50-26-10-17-33-64(50)81-73(54)69(52)79)57(42-75)68(77-58-28-12-5-21-45(58)46-22-6-13-29-59(46)77)72(71(66)78-60-30-14-7-23-47(60)48-24-8-15-31-61(48)78)80-63-40-35-44(43-19-3-2-4-20-43)41-56(63)53-37-39-55-51-27-11-18-34-65(51)82-74(55)70(53)80/h2-41H/i9D,10D,16D,17D,25D,26D,32D,33D,36D,38D. The second-order valence-electron chi connectivity index (χ2n) is 20.5. The quantitative estimate of drug-likeness (QED) is 0.158. The van der Waals surface area contributed by atoms with Gasteiger partial charge in [-0.2, -0.15) is 5.26 Å². The molecule has 0 unspecified atom stereocenters. The predicted octanol–water partition coefficient (Wildman–Crippen LogP) is 20.9. The Morgan fingerprint density at radius 2 is 0.890 bits per heavy atom. The van der Waals surface area contributed by atoms with E-state index in [2.05, 4.69) is 74.4 Å². The first-order valence-corrected chi connectivity index (χ1v) is 28.2. The number of hydrogen-bond donors (Lipinski definition) is 0. The SMILES string of the molecule is [2H]c1c([2H])c([2H])c2c(sc3c2c([2H])c([2H])c2c4c([2H])c([2H])c([2H])c([2H])c4n(-c4c(C#N)c(-n5c6ccccc6c6ccccc65)c(-n5c6ccc(-c7ccccc7)cc6c6ccc7c8ccccc8sc7c65)c(-n5c6ccccc6c6ccccc65)c4[N+]#[C-])c32)c1[2H]. The molecule has 0 atom stereocenters. The van der Waals surface area contributed by atoms with Crippen LogP contribution in [0.2, 0.25) is 0 Å². The predicted molar refractivity (Wildman–Crippen MR) is 346 cm³/mol. The maximum atomic E-state index is 13.0. The average molecular weight is 1090 g/mol. The van der Waals surface area contributed by atoms with Crippen LogP contribution in [0.25, 0.3) is 166 Å². The molecule has 8 heteroatoms. The molecule has 18 aromatic rings. The van der Waals surface area contributed by atoms with Gasteiger partial charge in [-0.3, -0.25) is 0 Å².